The van der Waals surface area contributed by atoms with Crippen molar-refractivity contribution in [3.05, 3.63) is 29.8 Å². The summed E-state index contributed by atoms with van der Waals surface area (Å²) in [6, 6.07) is 7.97. The second kappa shape index (κ2) is 4.68. The molecule has 1 heterocycles. The van der Waals surface area contributed by atoms with Crippen LogP contribution in [0.4, 0.5) is 0 Å². The van der Waals surface area contributed by atoms with E-state index in [0.29, 0.717) is 13.2 Å². The zero-order chi connectivity index (χ0) is 10.7. The van der Waals surface area contributed by atoms with Gasteiger partial charge in [-0.1, -0.05) is 12.1 Å². The van der Waals surface area contributed by atoms with Gasteiger partial charge in [-0.25, -0.2) is 0 Å². The zero-order valence-corrected chi connectivity index (χ0v) is 9.13. The maximum absolute atomic E-state index is 11.2. The van der Waals surface area contributed by atoms with Gasteiger partial charge in [-0.2, -0.15) is 0 Å². The van der Waals surface area contributed by atoms with Crippen LogP contribution in [-0.2, 0) is 16.1 Å². The van der Waals surface area contributed by atoms with Crippen LogP contribution in [0.1, 0.15) is 12.0 Å². The number of cyclic esters (lactones) is 1. The summed E-state index contributed by atoms with van der Waals surface area (Å²) in [5.74, 6) is -0.0945. The van der Waals surface area contributed by atoms with E-state index < -0.39 is 0 Å². The quantitative estimate of drug-likeness (QED) is 0.790. The number of rotatable bonds is 3. The summed E-state index contributed by atoms with van der Waals surface area (Å²) in [5.41, 5.74) is 6.61. The molecule has 0 bridgehead atoms. The Morgan fingerprint density at radius 1 is 1.40 bits per heavy atom. The summed E-state index contributed by atoms with van der Waals surface area (Å²) in [6.07, 6.45) is 0.808. The van der Waals surface area contributed by atoms with Gasteiger partial charge in [0.05, 0.1) is 6.61 Å². The summed E-state index contributed by atoms with van der Waals surface area (Å²) >= 11 is 1.56. The van der Waals surface area contributed by atoms with E-state index in [1.165, 1.54) is 0 Å². The number of esters is 1. The second-order valence-corrected chi connectivity index (χ2v) is 4.69. The minimum absolute atomic E-state index is 0.0336. The predicted octanol–water partition coefficient (Wildman–Crippen LogP) is 1.55. The van der Waals surface area contributed by atoms with Crippen LogP contribution >= 0.6 is 11.8 Å². The molecule has 0 aromatic heterocycles. The Morgan fingerprint density at radius 3 is 2.67 bits per heavy atom. The van der Waals surface area contributed by atoms with Gasteiger partial charge < -0.3 is 10.5 Å². The normalized spacial score (nSPS) is 20.3. The van der Waals surface area contributed by atoms with Crippen molar-refractivity contribution in [3.63, 3.8) is 0 Å². The fourth-order valence-electron chi connectivity index (χ4n) is 1.45. The molecular formula is C11H13NO2S. The molecule has 2 rings (SSSR count). The first kappa shape index (κ1) is 10.5. The Balaban J connectivity index is 2.01. The Hall–Kier alpha value is -1.00. The number of carbonyl (C=O) groups excluding carboxylic acids is 1. The van der Waals surface area contributed by atoms with E-state index in [4.69, 9.17) is 10.5 Å². The Bertz CT molecular complexity index is 350. The number of hydrogen-bond acceptors (Lipinski definition) is 4. The van der Waals surface area contributed by atoms with Gasteiger partial charge in [-0.15, -0.1) is 11.8 Å². The molecule has 1 fully saturated rings. The van der Waals surface area contributed by atoms with Gasteiger partial charge in [0, 0.05) is 17.9 Å². The maximum Gasteiger partial charge on any atom is 0.319 e. The lowest BCUT2D eigenvalue weighted by atomic mass is 10.2. The summed E-state index contributed by atoms with van der Waals surface area (Å²) in [6.45, 7) is 1.10. The topological polar surface area (TPSA) is 52.3 Å². The fourth-order valence-corrected chi connectivity index (χ4v) is 2.45. The summed E-state index contributed by atoms with van der Waals surface area (Å²) in [5, 5.41) is -0.0336. The van der Waals surface area contributed by atoms with Crippen molar-refractivity contribution < 1.29 is 9.53 Å². The van der Waals surface area contributed by atoms with Crippen molar-refractivity contribution in [1.29, 1.82) is 0 Å². The first-order valence-electron chi connectivity index (χ1n) is 4.92. The minimum Gasteiger partial charge on any atom is -0.465 e. The number of thioether (sulfide) groups is 1. The standard InChI is InChI=1S/C11H13NO2S/c12-7-8-1-3-9(4-2-8)15-10-5-6-14-11(10)13/h1-4,10H,5-7,12H2. The van der Waals surface area contributed by atoms with Crippen molar-refractivity contribution in [1.82, 2.24) is 0 Å². The third-order valence-corrected chi connectivity index (χ3v) is 3.58. The molecule has 0 aliphatic carbocycles. The average molecular weight is 223 g/mol. The van der Waals surface area contributed by atoms with Gasteiger partial charge >= 0.3 is 5.97 Å². The highest BCUT2D eigenvalue weighted by atomic mass is 32.2. The highest BCUT2D eigenvalue weighted by Crippen LogP contribution is 2.29. The molecule has 1 aromatic carbocycles. The van der Waals surface area contributed by atoms with Gasteiger partial charge in [-0.3, -0.25) is 4.79 Å². The highest BCUT2D eigenvalue weighted by Gasteiger charge is 2.27. The van der Waals surface area contributed by atoms with E-state index in [1.807, 2.05) is 24.3 Å². The van der Waals surface area contributed by atoms with E-state index in [1.54, 1.807) is 11.8 Å². The van der Waals surface area contributed by atoms with E-state index in [2.05, 4.69) is 0 Å². The number of ether oxygens (including phenoxy) is 1. The lowest BCUT2D eigenvalue weighted by molar-refractivity contribution is -0.137. The van der Waals surface area contributed by atoms with Gasteiger partial charge in [-0.05, 0) is 17.7 Å². The molecule has 1 aromatic rings. The van der Waals surface area contributed by atoms with E-state index in [-0.39, 0.29) is 11.2 Å². The molecule has 0 radical (unpaired) electrons. The predicted molar refractivity (Wildman–Crippen MR) is 59.6 cm³/mol. The third kappa shape index (κ3) is 2.52. The van der Waals surface area contributed by atoms with Crippen LogP contribution in [-0.4, -0.2) is 17.8 Å². The van der Waals surface area contributed by atoms with Crippen LogP contribution in [0.2, 0.25) is 0 Å². The van der Waals surface area contributed by atoms with Crippen LogP contribution in [0.3, 0.4) is 0 Å². The number of nitrogens with two attached hydrogens (primary N) is 1. The molecule has 15 heavy (non-hydrogen) atoms. The molecule has 1 atom stereocenters. The van der Waals surface area contributed by atoms with Crippen LogP contribution in [0, 0.1) is 0 Å². The molecule has 1 aliphatic heterocycles. The molecule has 0 spiro atoms. The lowest BCUT2D eigenvalue weighted by Gasteiger charge is -2.05. The van der Waals surface area contributed by atoms with Gasteiger partial charge in [0.2, 0.25) is 0 Å². The van der Waals surface area contributed by atoms with Crippen LogP contribution in [0.15, 0.2) is 29.2 Å². The average Bonchev–Trinajstić information content (AvgIpc) is 2.66. The Kier molecular flexibility index (Phi) is 3.28. The fraction of sp³-hybridized carbons (Fsp3) is 0.364. The molecule has 0 amide bonds. The number of carbonyl (C=O) groups is 1. The summed E-state index contributed by atoms with van der Waals surface area (Å²) in [4.78, 5) is 12.3. The van der Waals surface area contributed by atoms with Gasteiger partial charge in [0.15, 0.2) is 0 Å². The molecule has 2 N–H and O–H groups in total. The van der Waals surface area contributed by atoms with Crippen molar-refractivity contribution in [3.8, 4) is 0 Å². The molecule has 1 saturated heterocycles. The van der Waals surface area contributed by atoms with Crippen molar-refractivity contribution in [2.75, 3.05) is 6.61 Å². The van der Waals surface area contributed by atoms with E-state index in [0.717, 1.165) is 16.9 Å². The molecule has 1 unspecified atom stereocenters. The molecule has 3 nitrogen and oxygen atoms in total. The summed E-state index contributed by atoms with van der Waals surface area (Å²) in [7, 11) is 0. The van der Waals surface area contributed by atoms with Crippen LogP contribution in [0.25, 0.3) is 0 Å². The molecule has 4 heteroatoms. The monoisotopic (exact) mass is 223 g/mol. The minimum atomic E-state index is -0.0945. The molecular weight excluding hydrogens is 210 g/mol. The van der Waals surface area contributed by atoms with Crippen LogP contribution in [0.5, 0.6) is 0 Å². The smallest absolute Gasteiger partial charge is 0.319 e. The van der Waals surface area contributed by atoms with Crippen molar-refractivity contribution in [2.45, 2.75) is 23.1 Å². The molecule has 80 valence electrons. The number of benzene rings is 1. The van der Waals surface area contributed by atoms with Gasteiger partial charge in [0.1, 0.15) is 5.25 Å². The molecule has 0 saturated carbocycles. The third-order valence-electron chi connectivity index (χ3n) is 2.32. The molecule has 1 aliphatic rings. The highest BCUT2D eigenvalue weighted by molar-refractivity contribution is 8.00. The van der Waals surface area contributed by atoms with Crippen molar-refractivity contribution in [2.24, 2.45) is 5.73 Å². The van der Waals surface area contributed by atoms with Crippen LogP contribution < -0.4 is 5.73 Å². The Labute approximate surface area is 93.0 Å². The zero-order valence-electron chi connectivity index (χ0n) is 8.31. The number of hydrogen-bond donors (Lipinski definition) is 1. The largest absolute Gasteiger partial charge is 0.465 e. The Morgan fingerprint density at radius 2 is 2.13 bits per heavy atom. The second-order valence-electron chi connectivity index (χ2n) is 3.41. The summed E-state index contributed by atoms with van der Waals surface area (Å²) < 4.78 is 4.90. The lowest BCUT2D eigenvalue weighted by Crippen LogP contribution is -2.09. The van der Waals surface area contributed by atoms with E-state index in [9.17, 15) is 4.79 Å². The first-order chi connectivity index (χ1) is 7.29. The first-order valence-corrected chi connectivity index (χ1v) is 5.80. The SMILES string of the molecule is NCc1ccc(SC2CCOC2=O)cc1. The van der Waals surface area contributed by atoms with Crippen molar-refractivity contribution >= 4 is 17.7 Å². The van der Waals surface area contributed by atoms with E-state index >= 15 is 0 Å². The maximum atomic E-state index is 11.2. The van der Waals surface area contributed by atoms with Gasteiger partial charge in [0.25, 0.3) is 0 Å².